The Labute approximate surface area is 156 Å². The SMILES string of the molecule is COc1ccccc1CC[C@H]1SCCN1CCC(=O)C1CCCCC1. The highest BCUT2D eigenvalue weighted by Gasteiger charge is 2.27. The number of carbonyl (C=O) groups excluding carboxylic acids is 1. The van der Waals surface area contributed by atoms with Crippen LogP contribution >= 0.6 is 11.8 Å². The molecule has 0 radical (unpaired) electrons. The normalized spacial score (nSPS) is 22.2. The zero-order chi connectivity index (χ0) is 17.5. The molecule has 1 aromatic carbocycles. The number of methoxy groups -OCH3 is 1. The maximum absolute atomic E-state index is 12.5. The first-order valence-corrected chi connectivity index (χ1v) is 10.8. The molecule has 1 atom stereocenters. The first-order chi connectivity index (χ1) is 12.3. The summed E-state index contributed by atoms with van der Waals surface area (Å²) in [5.74, 6) is 3.05. The van der Waals surface area contributed by atoms with Gasteiger partial charge in [-0.2, -0.15) is 0 Å². The van der Waals surface area contributed by atoms with E-state index in [-0.39, 0.29) is 0 Å². The maximum atomic E-state index is 12.5. The van der Waals surface area contributed by atoms with Crippen LogP contribution in [0.4, 0.5) is 0 Å². The van der Waals surface area contributed by atoms with Crippen LogP contribution in [-0.4, -0.2) is 42.0 Å². The molecular weight excluding hydrogens is 330 g/mol. The Morgan fingerprint density at radius 3 is 2.84 bits per heavy atom. The standard InChI is InChI=1S/C21H31NO2S/c1-24-20-10-6-5-9-18(20)11-12-21-22(15-16-25-21)14-13-19(23)17-7-3-2-4-8-17/h5-6,9-10,17,21H,2-4,7-8,11-16H2,1H3/t21-/m1/s1. The van der Waals surface area contributed by atoms with Crippen molar-refractivity contribution >= 4 is 17.5 Å². The van der Waals surface area contributed by atoms with Gasteiger partial charge < -0.3 is 4.74 Å². The van der Waals surface area contributed by atoms with Crippen molar-refractivity contribution in [3.63, 3.8) is 0 Å². The predicted octanol–water partition coefficient (Wildman–Crippen LogP) is 4.54. The lowest BCUT2D eigenvalue weighted by atomic mass is 9.85. The van der Waals surface area contributed by atoms with E-state index in [9.17, 15) is 4.79 Å². The second-order valence-electron chi connectivity index (χ2n) is 7.26. The summed E-state index contributed by atoms with van der Waals surface area (Å²) in [7, 11) is 1.74. The van der Waals surface area contributed by atoms with E-state index in [1.807, 2.05) is 23.9 Å². The van der Waals surface area contributed by atoms with E-state index in [1.165, 1.54) is 30.6 Å². The molecule has 4 heteroatoms. The van der Waals surface area contributed by atoms with E-state index in [2.05, 4.69) is 17.0 Å². The molecular formula is C21H31NO2S. The Morgan fingerprint density at radius 2 is 2.04 bits per heavy atom. The van der Waals surface area contributed by atoms with Gasteiger partial charge >= 0.3 is 0 Å². The third kappa shape index (κ3) is 5.24. The fourth-order valence-electron chi connectivity index (χ4n) is 4.15. The van der Waals surface area contributed by atoms with Crippen molar-refractivity contribution in [1.82, 2.24) is 4.90 Å². The lowest BCUT2D eigenvalue weighted by Crippen LogP contribution is -2.32. The highest BCUT2D eigenvalue weighted by atomic mass is 32.2. The molecule has 1 aromatic rings. The zero-order valence-corrected chi connectivity index (χ0v) is 16.2. The number of hydrogen-bond acceptors (Lipinski definition) is 4. The van der Waals surface area contributed by atoms with Gasteiger partial charge in [0.05, 0.1) is 12.5 Å². The summed E-state index contributed by atoms with van der Waals surface area (Å²) in [4.78, 5) is 15.0. The van der Waals surface area contributed by atoms with Gasteiger partial charge in [0.1, 0.15) is 11.5 Å². The number of ketones is 1. The van der Waals surface area contributed by atoms with Crippen LogP contribution in [0.15, 0.2) is 24.3 Å². The maximum Gasteiger partial charge on any atom is 0.137 e. The minimum Gasteiger partial charge on any atom is -0.496 e. The molecule has 3 rings (SSSR count). The minimum atomic E-state index is 0.357. The minimum absolute atomic E-state index is 0.357. The number of nitrogens with zero attached hydrogens (tertiary/aromatic N) is 1. The van der Waals surface area contributed by atoms with Crippen LogP contribution < -0.4 is 4.74 Å². The molecule has 0 N–H and O–H groups in total. The Bertz CT molecular complexity index is 557. The molecule has 25 heavy (non-hydrogen) atoms. The number of carbonyl (C=O) groups is 1. The van der Waals surface area contributed by atoms with E-state index >= 15 is 0 Å². The summed E-state index contributed by atoms with van der Waals surface area (Å²) in [5.41, 5.74) is 1.29. The number of hydrogen-bond donors (Lipinski definition) is 0. The van der Waals surface area contributed by atoms with E-state index < -0.39 is 0 Å². The molecule has 2 fully saturated rings. The average molecular weight is 362 g/mol. The molecule has 0 unspecified atom stereocenters. The number of aryl methyl sites for hydroxylation is 1. The molecule has 1 heterocycles. The van der Waals surface area contributed by atoms with Crippen molar-refractivity contribution < 1.29 is 9.53 Å². The van der Waals surface area contributed by atoms with Crippen LogP contribution in [0.25, 0.3) is 0 Å². The summed E-state index contributed by atoms with van der Waals surface area (Å²) >= 11 is 2.04. The number of rotatable bonds is 8. The van der Waals surface area contributed by atoms with Gasteiger partial charge in [-0.3, -0.25) is 9.69 Å². The Balaban J connectivity index is 1.46. The van der Waals surface area contributed by atoms with E-state index in [1.54, 1.807) is 7.11 Å². The van der Waals surface area contributed by atoms with Gasteiger partial charge in [0.25, 0.3) is 0 Å². The third-order valence-electron chi connectivity index (χ3n) is 5.66. The van der Waals surface area contributed by atoms with Crippen LogP contribution in [0.1, 0.15) is 50.5 Å². The number of thioether (sulfide) groups is 1. The van der Waals surface area contributed by atoms with Gasteiger partial charge in [0.15, 0.2) is 0 Å². The molecule has 3 nitrogen and oxygen atoms in total. The van der Waals surface area contributed by atoms with Crippen molar-refractivity contribution in [2.45, 2.75) is 56.7 Å². The highest BCUT2D eigenvalue weighted by Crippen LogP contribution is 2.30. The van der Waals surface area contributed by atoms with Crippen LogP contribution in [0, 0.1) is 5.92 Å². The van der Waals surface area contributed by atoms with E-state index in [4.69, 9.17) is 4.74 Å². The first kappa shape index (κ1) is 18.8. The topological polar surface area (TPSA) is 29.5 Å². The number of benzene rings is 1. The molecule has 138 valence electrons. The lowest BCUT2D eigenvalue weighted by Gasteiger charge is -2.25. The second-order valence-corrected chi connectivity index (χ2v) is 8.55. The molecule has 1 saturated carbocycles. The van der Waals surface area contributed by atoms with Crippen LogP contribution in [-0.2, 0) is 11.2 Å². The number of ether oxygens (including phenoxy) is 1. The molecule has 1 aliphatic carbocycles. The molecule has 0 aromatic heterocycles. The second kappa shape index (κ2) is 9.63. The largest absolute Gasteiger partial charge is 0.496 e. The van der Waals surface area contributed by atoms with Gasteiger partial charge in [0, 0.05) is 31.2 Å². The van der Waals surface area contributed by atoms with Crippen molar-refractivity contribution in [1.29, 1.82) is 0 Å². The van der Waals surface area contributed by atoms with Gasteiger partial charge in [-0.25, -0.2) is 0 Å². The van der Waals surface area contributed by atoms with Crippen LogP contribution in [0.3, 0.4) is 0 Å². The first-order valence-electron chi connectivity index (χ1n) is 9.78. The summed E-state index contributed by atoms with van der Waals surface area (Å²) in [6.45, 7) is 2.07. The molecule has 0 bridgehead atoms. The van der Waals surface area contributed by atoms with E-state index in [0.29, 0.717) is 17.1 Å². The third-order valence-corrected chi connectivity index (χ3v) is 6.99. The van der Waals surface area contributed by atoms with Gasteiger partial charge in [-0.1, -0.05) is 37.5 Å². The summed E-state index contributed by atoms with van der Waals surface area (Å²) in [5, 5.41) is 0.545. The molecule has 1 aliphatic heterocycles. The Morgan fingerprint density at radius 1 is 1.24 bits per heavy atom. The van der Waals surface area contributed by atoms with Gasteiger partial charge in [0.2, 0.25) is 0 Å². The average Bonchev–Trinajstić information content (AvgIpc) is 3.12. The molecule has 0 spiro atoms. The summed E-state index contributed by atoms with van der Waals surface area (Å²) in [6, 6.07) is 8.31. The fourth-order valence-corrected chi connectivity index (χ4v) is 5.47. The molecule has 2 aliphatic rings. The quantitative estimate of drug-likeness (QED) is 0.680. The van der Waals surface area contributed by atoms with Gasteiger partial charge in [-0.15, -0.1) is 11.8 Å². The lowest BCUT2D eigenvalue weighted by molar-refractivity contribution is -0.124. The highest BCUT2D eigenvalue weighted by molar-refractivity contribution is 8.00. The monoisotopic (exact) mass is 361 g/mol. The Hall–Kier alpha value is -1.00. The zero-order valence-electron chi connectivity index (χ0n) is 15.4. The molecule has 0 amide bonds. The summed E-state index contributed by atoms with van der Waals surface area (Å²) < 4.78 is 5.47. The molecule has 1 saturated heterocycles. The Kier molecular flexibility index (Phi) is 7.23. The fraction of sp³-hybridized carbons (Fsp3) is 0.667. The van der Waals surface area contributed by atoms with Crippen molar-refractivity contribution in [2.75, 3.05) is 26.0 Å². The number of para-hydroxylation sites is 1. The van der Waals surface area contributed by atoms with Crippen molar-refractivity contribution in [3.8, 4) is 5.75 Å². The van der Waals surface area contributed by atoms with Crippen LogP contribution in [0.5, 0.6) is 5.75 Å². The van der Waals surface area contributed by atoms with Crippen molar-refractivity contribution in [3.05, 3.63) is 29.8 Å². The van der Waals surface area contributed by atoms with E-state index in [0.717, 1.165) is 50.9 Å². The van der Waals surface area contributed by atoms with Crippen LogP contribution in [0.2, 0.25) is 0 Å². The van der Waals surface area contributed by atoms with Crippen molar-refractivity contribution in [2.24, 2.45) is 5.92 Å². The predicted molar refractivity (Wildman–Crippen MR) is 105 cm³/mol. The summed E-state index contributed by atoms with van der Waals surface area (Å²) in [6.07, 6.45) is 8.98. The van der Waals surface area contributed by atoms with Gasteiger partial charge in [-0.05, 0) is 37.3 Å². The smallest absolute Gasteiger partial charge is 0.137 e. The number of Topliss-reactive ketones (excluding diaryl/α,β-unsaturated/α-hetero) is 1.